The molecule has 1 N–H and O–H groups in total. The average Bonchev–Trinajstić information content (AvgIpc) is 3.06. The molecule has 0 bridgehead atoms. The van der Waals surface area contributed by atoms with Gasteiger partial charge < -0.3 is 14.4 Å². The van der Waals surface area contributed by atoms with Crippen molar-refractivity contribution in [2.75, 3.05) is 20.3 Å². The van der Waals surface area contributed by atoms with E-state index in [-0.39, 0.29) is 18.6 Å². The van der Waals surface area contributed by atoms with E-state index in [4.69, 9.17) is 9.47 Å². The maximum Gasteiger partial charge on any atom is 0.261 e. The maximum absolute atomic E-state index is 12.7. The van der Waals surface area contributed by atoms with Crippen LogP contribution in [0.25, 0.3) is 0 Å². The van der Waals surface area contributed by atoms with Crippen molar-refractivity contribution in [3.8, 4) is 11.5 Å². The van der Waals surface area contributed by atoms with E-state index in [1.807, 2.05) is 24.0 Å². The molecule has 1 fully saturated rings. The number of carbonyl (C=O) groups excluding carboxylic acids is 1. The van der Waals surface area contributed by atoms with Crippen LogP contribution in [0.3, 0.4) is 0 Å². The molecule has 128 valence electrons. The summed E-state index contributed by atoms with van der Waals surface area (Å²) in [5.74, 6) is 2.56. The van der Waals surface area contributed by atoms with Crippen LogP contribution in [0, 0.1) is 6.92 Å². The van der Waals surface area contributed by atoms with Gasteiger partial charge in [0.25, 0.3) is 5.91 Å². The number of aryl methyl sites for hydroxylation is 1. The van der Waals surface area contributed by atoms with Crippen molar-refractivity contribution >= 4 is 5.91 Å². The number of nitrogens with one attached hydrogen (secondary N) is 1. The number of H-pyrrole nitrogens is 1. The SMILES string of the molecule is COc1ccccc1OCC(=O)N1CCCCC1c1n[nH]c(C)n1. The molecule has 1 aromatic heterocycles. The van der Waals surface area contributed by atoms with Gasteiger partial charge in [-0.05, 0) is 38.3 Å². The summed E-state index contributed by atoms with van der Waals surface area (Å²) >= 11 is 0. The first kappa shape index (κ1) is 16.3. The molecule has 0 aliphatic carbocycles. The minimum absolute atomic E-state index is 0.0275. The van der Waals surface area contributed by atoms with Crippen molar-refractivity contribution in [3.63, 3.8) is 0 Å². The summed E-state index contributed by atoms with van der Waals surface area (Å²) in [6.45, 7) is 2.53. The molecule has 0 radical (unpaired) electrons. The molecular weight excluding hydrogens is 308 g/mol. The smallest absolute Gasteiger partial charge is 0.261 e. The van der Waals surface area contributed by atoms with Gasteiger partial charge in [0.05, 0.1) is 13.2 Å². The number of ether oxygens (including phenoxy) is 2. The number of amides is 1. The summed E-state index contributed by atoms with van der Waals surface area (Å²) < 4.78 is 10.9. The topological polar surface area (TPSA) is 80.3 Å². The van der Waals surface area contributed by atoms with E-state index in [9.17, 15) is 4.79 Å². The van der Waals surface area contributed by atoms with Gasteiger partial charge in [-0.1, -0.05) is 12.1 Å². The van der Waals surface area contributed by atoms with Crippen LogP contribution in [0.5, 0.6) is 11.5 Å². The summed E-state index contributed by atoms with van der Waals surface area (Å²) in [6, 6.07) is 7.22. The molecule has 7 heteroatoms. The fourth-order valence-electron chi connectivity index (χ4n) is 2.97. The first-order valence-electron chi connectivity index (χ1n) is 8.13. The molecule has 1 saturated heterocycles. The Bertz CT molecular complexity index is 701. The van der Waals surface area contributed by atoms with Gasteiger partial charge in [-0.25, -0.2) is 4.98 Å². The Morgan fingerprint density at radius 2 is 2.12 bits per heavy atom. The van der Waals surface area contributed by atoms with Gasteiger partial charge in [0.1, 0.15) is 5.82 Å². The number of carbonyl (C=O) groups is 1. The van der Waals surface area contributed by atoms with Crippen molar-refractivity contribution in [2.24, 2.45) is 0 Å². The van der Waals surface area contributed by atoms with Gasteiger partial charge in [0, 0.05) is 6.54 Å². The normalized spacial score (nSPS) is 17.6. The molecule has 1 amide bonds. The Morgan fingerprint density at radius 1 is 1.33 bits per heavy atom. The van der Waals surface area contributed by atoms with E-state index in [0.717, 1.165) is 25.1 Å². The fourth-order valence-corrected chi connectivity index (χ4v) is 2.97. The highest BCUT2D eigenvalue weighted by Gasteiger charge is 2.30. The minimum atomic E-state index is -0.0857. The largest absolute Gasteiger partial charge is 0.493 e. The van der Waals surface area contributed by atoms with Crippen molar-refractivity contribution < 1.29 is 14.3 Å². The summed E-state index contributed by atoms with van der Waals surface area (Å²) in [7, 11) is 1.58. The predicted molar refractivity (Wildman–Crippen MR) is 87.9 cm³/mol. The lowest BCUT2D eigenvalue weighted by Crippen LogP contribution is -2.41. The van der Waals surface area contributed by atoms with Crippen LogP contribution in [0.15, 0.2) is 24.3 Å². The van der Waals surface area contributed by atoms with E-state index < -0.39 is 0 Å². The number of para-hydroxylation sites is 2. The molecule has 2 aromatic rings. The van der Waals surface area contributed by atoms with Gasteiger partial charge >= 0.3 is 0 Å². The number of hydrogen-bond acceptors (Lipinski definition) is 5. The van der Waals surface area contributed by atoms with Crippen molar-refractivity contribution in [1.29, 1.82) is 0 Å². The molecule has 7 nitrogen and oxygen atoms in total. The molecular formula is C17H22N4O3. The summed E-state index contributed by atoms with van der Waals surface area (Å²) in [5.41, 5.74) is 0. The Morgan fingerprint density at radius 3 is 2.83 bits per heavy atom. The molecule has 1 unspecified atom stereocenters. The number of rotatable bonds is 5. The van der Waals surface area contributed by atoms with Crippen LogP contribution in [0.4, 0.5) is 0 Å². The number of nitrogens with zero attached hydrogens (tertiary/aromatic N) is 3. The van der Waals surface area contributed by atoms with Crippen LogP contribution in [0.2, 0.25) is 0 Å². The van der Waals surface area contributed by atoms with Gasteiger partial charge in [0.15, 0.2) is 23.9 Å². The Hall–Kier alpha value is -2.57. The van der Waals surface area contributed by atoms with E-state index in [0.29, 0.717) is 23.9 Å². The van der Waals surface area contributed by atoms with Crippen molar-refractivity contribution in [3.05, 3.63) is 35.9 Å². The zero-order chi connectivity index (χ0) is 16.9. The predicted octanol–water partition coefficient (Wildman–Crippen LogP) is 2.25. The summed E-state index contributed by atoms with van der Waals surface area (Å²) in [4.78, 5) is 18.9. The Labute approximate surface area is 141 Å². The number of piperidine rings is 1. The molecule has 0 spiro atoms. The minimum Gasteiger partial charge on any atom is -0.493 e. The lowest BCUT2D eigenvalue weighted by Gasteiger charge is -2.34. The van der Waals surface area contributed by atoms with Gasteiger partial charge in [-0.3, -0.25) is 9.89 Å². The first-order chi connectivity index (χ1) is 11.7. The number of aromatic amines is 1. The van der Waals surface area contributed by atoms with Crippen LogP contribution in [-0.4, -0.2) is 46.2 Å². The lowest BCUT2D eigenvalue weighted by atomic mass is 10.0. The molecule has 0 saturated carbocycles. The first-order valence-corrected chi connectivity index (χ1v) is 8.13. The van der Waals surface area contributed by atoms with Crippen molar-refractivity contribution in [2.45, 2.75) is 32.2 Å². The lowest BCUT2D eigenvalue weighted by molar-refractivity contribution is -0.137. The quantitative estimate of drug-likeness (QED) is 0.909. The third-order valence-electron chi connectivity index (χ3n) is 4.16. The summed E-state index contributed by atoms with van der Waals surface area (Å²) in [5, 5.41) is 7.08. The zero-order valence-corrected chi connectivity index (χ0v) is 14.0. The average molecular weight is 330 g/mol. The molecule has 1 aromatic carbocycles. The van der Waals surface area contributed by atoms with Crippen LogP contribution < -0.4 is 9.47 Å². The van der Waals surface area contributed by atoms with Gasteiger partial charge in [-0.15, -0.1) is 0 Å². The number of aromatic nitrogens is 3. The molecule has 1 aliphatic heterocycles. The third kappa shape index (κ3) is 3.50. The highest BCUT2D eigenvalue weighted by atomic mass is 16.5. The van der Waals surface area contributed by atoms with Crippen LogP contribution in [-0.2, 0) is 4.79 Å². The van der Waals surface area contributed by atoms with Crippen LogP contribution >= 0.6 is 0 Å². The van der Waals surface area contributed by atoms with Crippen molar-refractivity contribution in [1.82, 2.24) is 20.1 Å². The van der Waals surface area contributed by atoms with Gasteiger partial charge in [-0.2, -0.15) is 5.10 Å². The third-order valence-corrected chi connectivity index (χ3v) is 4.16. The standard InChI is InChI=1S/C17H22N4O3/c1-12-18-17(20-19-12)13-7-5-6-10-21(13)16(22)11-24-15-9-4-3-8-14(15)23-2/h3-4,8-9,13H,5-7,10-11H2,1-2H3,(H,18,19,20). The maximum atomic E-state index is 12.7. The highest BCUT2D eigenvalue weighted by Crippen LogP contribution is 2.30. The van der Waals surface area contributed by atoms with E-state index >= 15 is 0 Å². The second kappa shape index (κ2) is 7.33. The number of benzene rings is 1. The number of likely N-dealkylation sites (tertiary alicyclic amines) is 1. The number of methoxy groups -OCH3 is 1. The molecule has 1 atom stereocenters. The van der Waals surface area contributed by atoms with E-state index in [2.05, 4.69) is 15.2 Å². The molecule has 3 rings (SSSR count). The van der Waals surface area contributed by atoms with E-state index in [1.165, 1.54) is 0 Å². The zero-order valence-electron chi connectivity index (χ0n) is 14.0. The Kier molecular flexibility index (Phi) is 4.98. The molecule has 24 heavy (non-hydrogen) atoms. The molecule has 1 aliphatic rings. The number of hydrogen-bond donors (Lipinski definition) is 1. The van der Waals surface area contributed by atoms with Crippen LogP contribution in [0.1, 0.15) is 37.0 Å². The van der Waals surface area contributed by atoms with Gasteiger partial charge in [0.2, 0.25) is 0 Å². The highest BCUT2D eigenvalue weighted by molar-refractivity contribution is 5.78. The van der Waals surface area contributed by atoms with E-state index in [1.54, 1.807) is 19.2 Å². The second-order valence-electron chi connectivity index (χ2n) is 5.82. The molecule has 2 heterocycles. The second-order valence-corrected chi connectivity index (χ2v) is 5.82. The Balaban J connectivity index is 1.68. The summed E-state index contributed by atoms with van der Waals surface area (Å²) in [6.07, 6.45) is 2.92. The monoisotopic (exact) mass is 330 g/mol. The fraction of sp³-hybridized carbons (Fsp3) is 0.471.